The Balaban J connectivity index is 0.000000530. The van der Waals surface area contributed by atoms with Crippen molar-refractivity contribution in [1.29, 1.82) is 0 Å². The number of carboxylic acids is 6. The molecular weight excluding hydrogens is 961 g/mol. The first-order chi connectivity index (χ1) is 34.9. The zero-order chi connectivity index (χ0) is 57.4. The van der Waals surface area contributed by atoms with Gasteiger partial charge in [0.1, 0.15) is 0 Å². The highest BCUT2D eigenvalue weighted by atomic mass is 16.4. The number of nitrogens with two attached hydrogens (primary N) is 3. The predicted octanol–water partition coefficient (Wildman–Crippen LogP) is 8.64. The van der Waals surface area contributed by atoms with Gasteiger partial charge in [-0.2, -0.15) is 0 Å². The van der Waals surface area contributed by atoms with Gasteiger partial charge in [0.2, 0.25) is 0 Å². The molecule has 0 fully saturated rings. The van der Waals surface area contributed by atoms with Crippen LogP contribution in [0.3, 0.4) is 0 Å². The second kappa shape index (κ2) is 31.6. The largest absolute Gasteiger partial charge is 0.477 e. The molecule has 0 amide bonds. The fraction of sp³-hybridized carbons (Fsp3) is 0.421. The van der Waals surface area contributed by atoms with E-state index in [0.29, 0.717) is 71.5 Å². The summed E-state index contributed by atoms with van der Waals surface area (Å²) < 4.78 is 0. The molecule has 4 aromatic rings. The molecule has 0 saturated carbocycles. The number of benzene rings is 3. The first kappa shape index (κ1) is 65.1. The maximum atomic E-state index is 11.2. The van der Waals surface area contributed by atoms with Gasteiger partial charge in [0, 0.05) is 16.7 Å². The molecule has 0 aliphatic rings. The number of hydrogen-bond donors (Lipinski definition) is 9. The minimum atomic E-state index is -1.53. The highest BCUT2D eigenvalue weighted by molar-refractivity contribution is 6.19. The van der Waals surface area contributed by atoms with Crippen LogP contribution in [0, 0.1) is 35.5 Å². The zero-order valence-electron chi connectivity index (χ0n) is 45.3. The molecule has 0 unspecified atom stereocenters. The Labute approximate surface area is 440 Å². The molecule has 3 aromatic carbocycles. The molecular formula is C57H78N6O12. The summed E-state index contributed by atoms with van der Waals surface area (Å²) in [7, 11) is 0. The second-order valence-electron chi connectivity index (χ2n) is 20.4. The summed E-state index contributed by atoms with van der Waals surface area (Å²) in [6.07, 6.45) is 7.79. The number of aliphatic carboxylic acids is 6. The standard InChI is InChI=1S/3C18H25NO4.C3H3N3/c3*1-10(2)8-12-6-5-7-13(14(12)9-11(3)4)16(19)15(17(20)21)18(22)23;1-2-4-6-5-3-1/h3*5-7,10-11H,8-9,19H2,1-4H3,(H,20,21)(H,22,23);1-3H. The van der Waals surface area contributed by atoms with Gasteiger partial charge >= 0.3 is 35.8 Å². The lowest BCUT2D eigenvalue weighted by molar-refractivity contribution is -0.142. The lowest BCUT2D eigenvalue weighted by atomic mass is 9.87. The van der Waals surface area contributed by atoms with Crippen LogP contribution in [0.25, 0.3) is 17.1 Å². The van der Waals surface area contributed by atoms with Gasteiger partial charge in [-0.1, -0.05) is 138 Å². The first-order valence-corrected chi connectivity index (χ1v) is 24.7. The highest BCUT2D eigenvalue weighted by Gasteiger charge is 2.27. The van der Waals surface area contributed by atoms with Gasteiger partial charge in [0.15, 0.2) is 16.7 Å². The lowest BCUT2D eigenvalue weighted by Gasteiger charge is -2.19. The molecule has 12 N–H and O–H groups in total. The summed E-state index contributed by atoms with van der Waals surface area (Å²) in [5, 5.41) is 65.0. The van der Waals surface area contributed by atoms with Crippen LogP contribution in [0.15, 0.2) is 89.8 Å². The molecule has 0 radical (unpaired) electrons. The highest BCUT2D eigenvalue weighted by Crippen LogP contribution is 2.30. The molecule has 0 aliphatic carbocycles. The Bertz CT molecular complexity index is 2350. The maximum Gasteiger partial charge on any atom is 0.345 e. The van der Waals surface area contributed by atoms with E-state index in [1.165, 1.54) is 0 Å². The number of rotatable bonds is 21. The Kier molecular flexibility index (Phi) is 27.5. The van der Waals surface area contributed by atoms with Crippen LogP contribution in [0.1, 0.15) is 133 Å². The molecule has 0 saturated heterocycles. The Hall–Kier alpha value is -7.89. The summed E-state index contributed by atoms with van der Waals surface area (Å²) in [4.78, 5) is 67.4. The van der Waals surface area contributed by atoms with Crippen LogP contribution in [-0.4, -0.2) is 81.9 Å². The average Bonchev–Trinajstić information content (AvgIpc) is 3.27. The summed E-state index contributed by atoms with van der Waals surface area (Å²) >= 11 is 0. The van der Waals surface area contributed by atoms with E-state index < -0.39 is 52.5 Å². The molecule has 0 bridgehead atoms. The molecule has 18 heteroatoms. The smallest absolute Gasteiger partial charge is 0.345 e. The van der Waals surface area contributed by atoms with E-state index in [1.807, 2.05) is 18.2 Å². The van der Waals surface area contributed by atoms with E-state index in [4.69, 9.17) is 47.8 Å². The quantitative estimate of drug-likeness (QED) is 0.0214. The van der Waals surface area contributed by atoms with Gasteiger partial charge in [0.25, 0.3) is 0 Å². The predicted molar refractivity (Wildman–Crippen MR) is 290 cm³/mol. The molecule has 0 aliphatic heterocycles. The van der Waals surface area contributed by atoms with E-state index in [0.717, 1.165) is 52.6 Å². The van der Waals surface area contributed by atoms with Crippen molar-refractivity contribution in [3.8, 4) is 0 Å². The Morgan fingerprint density at radius 2 is 0.573 bits per heavy atom. The number of aromatic nitrogens is 3. The minimum Gasteiger partial charge on any atom is -0.477 e. The van der Waals surface area contributed by atoms with Crippen molar-refractivity contribution in [1.82, 2.24) is 15.4 Å². The monoisotopic (exact) mass is 1040 g/mol. The molecule has 1 heterocycles. The number of hydrogen-bond acceptors (Lipinski definition) is 12. The third kappa shape index (κ3) is 21.6. The van der Waals surface area contributed by atoms with Crippen LogP contribution in [-0.2, 0) is 67.3 Å². The van der Waals surface area contributed by atoms with Gasteiger partial charge in [-0.25, -0.2) is 28.8 Å². The van der Waals surface area contributed by atoms with E-state index >= 15 is 0 Å². The maximum absolute atomic E-state index is 11.2. The zero-order valence-corrected chi connectivity index (χ0v) is 45.3. The topological polar surface area (TPSA) is 341 Å². The van der Waals surface area contributed by atoms with Crippen LogP contribution in [0.5, 0.6) is 0 Å². The summed E-state index contributed by atoms with van der Waals surface area (Å²) in [6.45, 7) is 25.0. The van der Waals surface area contributed by atoms with E-state index in [1.54, 1.807) is 54.9 Å². The van der Waals surface area contributed by atoms with Gasteiger partial charge in [-0.15, -0.1) is 10.2 Å². The molecule has 0 atom stereocenters. The fourth-order valence-corrected chi connectivity index (χ4v) is 8.08. The number of carbonyl (C=O) groups is 6. The van der Waals surface area contributed by atoms with Gasteiger partial charge < -0.3 is 47.8 Å². The number of nitrogens with zero attached hydrogens (tertiary/aromatic N) is 3. The van der Waals surface area contributed by atoms with E-state index in [-0.39, 0.29) is 17.1 Å². The van der Waals surface area contributed by atoms with Crippen LogP contribution >= 0.6 is 0 Å². The van der Waals surface area contributed by atoms with Crippen molar-refractivity contribution in [2.45, 2.75) is 122 Å². The lowest BCUT2D eigenvalue weighted by Crippen LogP contribution is -2.19. The van der Waals surface area contributed by atoms with Crippen LogP contribution in [0.2, 0.25) is 0 Å². The normalized spacial score (nSPS) is 10.6. The van der Waals surface area contributed by atoms with Crippen LogP contribution in [0.4, 0.5) is 0 Å². The SMILES string of the molecule is CC(C)Cc1cccc(C(N)=C(C(=O)O)C(=O)O)c1CC(C)C.CC(C)Cc1cccc(C(N)=C(C(=O)O)C(=O)O)c1CC(C)C.CC(C)Cc1cccc(C(N)=C(C(=O)O)C(=O)O)c1CC(C)C.c1cnnnc1. The number of carboxylic acid groups (broad SMARTS) is 6. The summed E-state index contributed by atoms with van der Waals surface area (Å²) in [5.41, 5.74) is 22.5. The van der Waals surface area contributed by atoms with Crippen LogP contribution < -0.4 is 17.2 Å². The van der Waals surface area contributed by atoms with E-state index in [9.17, 15) is 28.8 Å². The molecule has 4 rings (SSSR count). The van der Waals surface area contributed by atoms with Gasteiger partial charge in [0.05, 0.1) is 29.5 Å². The molecule has 18 nitrogen and oxygen atoms in total. The minimum absolute atomic E-state index is 0.189. The summed E-state index contributed by atoms with van der Waals surface area (Å²) in [6, 6.07) is 18.2. The average molecular weight is 1040 g/mol. The fourth-order valence-electron chi connectivity index (χ4n) is 8.08. The van der Waals surface area contributed by atoms with E-state index in [2.05, 4.69) is 98.5 Å². The van der Waals surface area contributed by atoms with Gasteiger partial charge in [-0.05, 0) is 119 Å². The van der Waals surface area contributed by atoms with Crippen molar-refractivity contribution in [3.05, 3.63) is 140 Å². The molecule has 1 aromatic heterocycles. The van der Waals surface area contributed by atoms with Crippen molar-refractivity contribution in [2.24, 2.45) is 52.7 Å². The second-order valence-corrected chi connectivity index (χ2v) is 20.4. The van der Waals surface area contributed by atoms with Crippen molar-refractivity contribution < 1.29 is 59.4 Å². The van der Waals surface area contributed by atoms with Crippen molar-refractivity contribution in [2.75, 3.05) is 0 Å². The summed E-state index contributed by atoms with van der Waals surface area (Å²) in [5.74, 6) is -6.85. The Morgan fingerprint density at radius 3 is 0.720 bits per heavy atom. The Morgan fingerprint density at radius 1 is 0.360 bits per heavy atom. The van der Waals surface area contributed by atoms with Gasteiger partial charge in [-0.3, -0.25) is 0 Å². The molecule has 0 spiro atoms. The molecule has 75 heavy (non-hydrogen) atoms. The third-order valence-electron chi connectivity index (χ3n) is 10.9. The first-order valence-electron chi connectivity index (χ1n) is 24.7. The van der Waals surface area contributed by atoms with Crippen molar-refractivity contribution in [3.63, 3.8) is 0 Å². The molecule has 408 valence electrons. The van der Waals surface area contributed by atoms with Crippen molar-refractivity contribution >= 4 is 52.9 Å². The third-order valence-corrected chi connectivity index (χ3v) is 10.9.